The van der Waals surface area contributed by atoms with Crippen molar-refractivity contribution in [1.29, 1.82) is 0 Å². The second kappa shape index (κ2) is 8.88. The van der Waals surface area contributed by atoms with Crippen molar-refractivity contribution < 1.29 is 0 Å². The number of nitrogens with zero attached hydrogens (tertiary/aromatic N) is 1. The number of rotatable bonds is 9. The minimum absolute atomic E-state index is 0.474. The molecule has 3 heteroatoms. The summed E-state index contributed by atoms with van der Waals surface area (Å²) in [7, 11) is 0. The Labute approximate surface area is 126 Å². The highest BCUT2D eigenvalue weighted by Gasteiger charge is 2.10. The molecule has 0 aliphatic rings. The monoisotopic (exact) mass is 288 g/mol. The third kappa shape index (κ3) is 5.06. The van der Waals surface area contributed by atoms with Gasteiger partial charge in [0.1, 0.15) is 0 Å². The summed E-state index contributed by atoms with van der Waals surface area (Å²) in [6.45, 7) is 3.25. The van der Waals surface area contributed by atoms with E-state index >= 15 is 0 Å². The summed E-state index contributed by atoms with van der Waals surface area (Å²) in [4.78, 5) is 4.34. The van der Waals surface area contributed by atoms with E-state index in [1.165, 1.54) is 36.9 Å². The van der Waals surface area contributed by atoms with Gasteiger partial charge in [0, 0.05) is 24.4 Å². The molecule has 0 saturated carbocycles. The lowest BCUT2D eigenvalue weighted by Crippen LogP contribution is -2.24. The molecule has 0 aliphatic heterocycles. The van der Waals surface area contributed by atoms with Gasteiger partial charge in [-0.25, -0.2) is 4.98 Å². The van der Waals surface area contributed by atoms with Crippen molar-refractivity contribution in [3.05, 3.63) is 52.5 Å². The van der Waals surface area contributed by atoms with Crippen LogP contribution in [-0.4, -0.2) is 11.5 Å². The van der Waals surface area contributed by atoms with Crippen molar-refractivity contribution >= 4 is 11.3 Å². The quantitative estimate of drug-likeness (QED) is 0.682. The van der Waals surface area contributed by atoms with Gasteiger partial charge in [-0.3, -0.25) is 0 Å². The Morgan fingerprint density at radius 3 is 2.75 bits per heavy atom. The average molecular weight is 288 g/mol. The van der Waals surface area contributed by atoms with E-state index in [1.54, 1.807) is 11.3 Å². The van der Waals surface area contributed by atoms with Crippen LogP contribution in [-0.2, 0) is 6.42 Å². The molecule has 1 aromatic carbocycles. The van der Waals surface area contributed by atoms with Crippen LogP contribution in [0.4, 0.5) is 0 Å². The first-order valence-corrected chi connectivity index (χ1v) is 8.50. The number of hydrogen-bond acceptors (Lipinski definition) is 3. The van der Waals surface area contributed by atoms with Crippen molar-refractivity contribution in [1.82, 2.24) is 10.3 Å². The zero-order chi connectivity index (χ0) is 14.0. The molecule has 1 unspecified atom stereocenters. The minimum atomic E-state index is 0.474. The Hall–Kier alpha value is -1.19. The molecule has 108 valence electrons. The molecule has 1 heterocycles. The van der Waals surface area contributed by atoms with E-state index in [4.69, 9.17) is 0 Å². The Kier molecular flexibility index (Phi) is 6.75. The maximum Gasteiger partial charge on any atom is 0.0794 e. The molecule has 0 amide bonds. The number of hydrogen-bond donors (Lipinski definition) is 1. The van der Waals surface area contributed by atoms with Gasteiger partial charge in [-0.05, 0) is 12.0 Å². The first-order chi connectivity index (χ1) is 9.90. The topological polar surface area (TPSA) is 24.9 Å². The molecule has 1 aromatic heterocycles. The molecule has 2 nitrogen and oxygen atoms in total. The maximum absolute atomic E-state index is 4.34. The second-order valence-corrected chi connectivity index (χ2v) is 5.86. The van der Waals surface area contributed by atoms with Gasteiger partial charge in [0.15, 0.2) is 0 Å². The van der Waals surface area contributed by atoms with Crippen LogP contribution in [0.1, 0.15) is 49.9 Å². The fourth-order valence-electron chi connectivity index (χ4n) is 2.41. The van der Waals surface area contributed by atoms with Gasteiger partial charge in [-0.15, -0.1) is 11.3 Å². The van der Waals surface area contributed by atoms with E-state index in [0.717, 1.165) is 13.0 Å². The Bertz CT molecular complexity index is 453. The highest BCUT2D eigenvalue weighted by Crippen LogP contribution is 2.19. The molecule has 20 heavy (non-hydrogen) atoms. The van der Waals surface area contributed by atoms with Gasteiger partial charge < -0.3 is 5.32 Å². The van der Waals surface area contributed by atoms with Crippen molar-refractivity contribution in [2.45, 2.75) is 45.1 Å². The molecule has 0 saturated heterocycles. The van der Waals surface area contributed by atoms with E-state index in [0.29, 0.717) is 6.04 Å². The third-order valence-corrected chi connectivity index (χ3v) is 4.19. The van der Waals surface area contributed by atoms with Crippen LogP contribution in [0.2, 0.25) is 0 Å². The fourth-order valence-corrected chi connectivity index (χ4v) is 3.00. The first-order valence-electron chi connectivity index (χ1n) is 7.55. The zero-order valence-corrected chi connectivity index (χ0v) is 13.0. The largest absolute Gasteiger partial charge is 0.310 e. The first kappa shape index (κ1) is 15.2. The summed E-state index contributed by atoms with van der Waals surface area (Å²) in [6.07, 6.45) is 6.12. The number of unbranched alkanes of at least 4 members (excludes halogenated alkanes) is 2. The SMILES string of the molecule is CCCCCC(NCCc1cscn1)c1ccccc1. The molecule has 1 N–H and O–H groups in total. The molecular weight excluding hydrogens is 264 g/mol. The normalized spacial score (nSPS) is 12.4. The number of thiazole rings is 1. The van der Waals surface area contributed by atoms with Crippen LogP contribution in [0.5, 0.6) is 0 Å². The molecule has 2 aromatic rings. The molecule has 0 aliphatic carbocycles. The van der Waals surface area contributed by atoms with Gasteiger partial charge in [0.25, 0.3) is 0 Å². The predicted octanol–water partition coefficient (Wildman–Crippen LogP) is 4.60. The summed E-state index contributed by atoms with van der Waals surface area (Å²) in [5.41, 5.74) is 4.51. The van der Waals surface area contributed by atoms with Gasteiger partial charge in [-0.1, -0.05) is 56.5 Å². The van der Waals surface area contributed by atoms with E-state index in [-0.39, 0.29) is 0 Å². The van der Waals surface area contributed by atoms with Crippen LogP contribution in [0.3, 0.4) is 0 Å². The van der Waals surface area contributed by atoms with E-state index in [1.807, 2.05) is 5.51 Å². The summed E-state index contributed by atoms with van der Waals surface area (Å²) < 4.78 is 0. The highest BCUT2D eigenvalue weighted by atomic mass is 32.1. The van der Waals surface area contributed by atoms with Crippen LogP contribution in [0.25, 0.3) is 0 Å². The summed E-state index contributed by atoms with van der Waals surface area (Å²) >= 11 is 1.67. The Balaban J connectivity index is 1.85. The average Bonchev–Trinajstić information content (AvgIpc) is 3.00. The second-order valence-electron chi connectivity index (χ2n) is 5.14. The van der Waals surface area contributed by atoms with Gasteiger partial charge >= 0.3 is 0 Å². The lowest BCUT2D eigenvalue weighted by atomic mass is 10.0. The van der Waals surface area contributed by atoms with Crippen molar-refractivity contribution in [3.8, 4) is 0 Å². The van der Waals surface area contributed by atoms with E-state index in [2.05, 4.69) is 52.9 Å². The van der Waals surface area contributed by atoms with E-state index in [9.17, 15) is 0 Å². The Morgan fingerprint density at radius 2 is 2.05 bits per heavy atom. The van der Waals surface area contributed by atoms with Crippen molar-refractivity contribution in [3.63, 3.8) is 0 Å². The molecule has 0 fully saturated rings. The van der Waals surface area contributed by atoms with Gasteiger partial charge in [0.2, 0.25) is 0 Å². The highest BCUT2D eigenvalue weighted by molar-refractivity contribution is 7.07. The molecule has 0 bridgehead atoms. The van der Waals surface area contributed by atoms with Gasteiger partial charge in [0.05, 0.1) is 11.2 Å². The lowest BCUT2D eigenvalue weighted by Gasteiger charge is -2.19. The summed E-state index contributed by atoms with van der Waals surface area (Å²) in [6, 6.07) is 11.3. The maximum atomic E-state index is 4.34. The fraction of sp³-hybridized carbons (Fsp3) is 0.471. The van der Waals surface area contributed by atoms with Gasteiger partial charge in [-0.2, -0.15) is 0 Å². The van der Waals surface area contributed by atoms with Crippen LogP contribution in [0, 0.1) is 0 Å². The molecule has 1 atom stereocenters. The van der Waals surface area contributed by atoms with E-state index < -0.39 is 0 Å². The third-order valence-electron chi connectivity index (χ3n) is 3.55. The number of nitrogens with one attached hydrogen (secondary N) is 1. The van der Waals surface area contributed by atoms with Crippen LogP contribution in [0.15, 0.2) is 41.2 Å². The molecular formula is C17H24N2S. The Morgan fingerprint density at radius 1 is 1.20 bits per heavy atom. The van der Waals surface area contributed by atoms with Crippen LogP contribution < -0.4 is 5.32 Å². The summed E-state index contributed by atoms with van der Waals surface area (Å²) in [5, 5.41) is 5.83. The summed E-state index contributed by atoms with van der Waals surface area (Å²) in [5.74, 6) is 0. The van der Waals surface area contributed by atoms with Crippen molar-refractivity contribution in [2.24, 2.45) is 0 Å². The van der Waals surface area contributed by atoms with Crippen LogP contribution >= 0.6 is 11.3 Å². The molecule has 0 spiro atoms. The van der Waals surface area contributed by atoms with Crippen molar-refractivity contribution in [2.75, 3.05) is 6.54 Å². The lowest BCUT2D eigenvalue weighted by molar-refractivity contribution is 0.476. The number of benzene rings is 1. The zero-order valence-electron chi connectivity index (χ0n) is 12.2. The molecule has 0 radical (unpaired) electrons. The smallest absolute Gasteiger partial charge is 0.0794 e. The standard InChI is InChI=1S/C17H24N2S/c1-2-3-5-10-17(15-8-6-4-7-9-15)18-12-11-16-13-20-14-19-16/h4,6-9,13-14,17-18H,2-3,5,10-12H2,1H3. The predicted molar refractivity (Wildman–Crippen MR) is 87.1 cm³/mol. The minimum Gasteiger partial charge on any atom is -0.310 e. The molecule has 2 rings (SSSR count). The number of aromatic nitrogens is 1.